The number of nitriles is 1. The summed E-state index contributed by atoms with van der Waals surface area (Å²) in [6.07, 6.45) is 1.70. The highest BCUT2D eigenvalue weighted by molar-refractivity contribution is 6.08. The number of piperidine rings is 1. The lowest BCUT2D eigenvalue weighted by Gasteiger charge is -2.36. The predicted molar refractivity (Wildman–Crippen MR) is 172 cm³/mol. The highest BCUT2D eigenvalue weighted by atomic mass is 19.1. The number of nitrogens with one attached hydrogen (secondary N) is 1. The number of amides is 2. The highest BCUT2D eigenvalue weighted by Crippen LogP contribution is 2.35. The zero-order valence-corrected chi connectivity index (χ0v) is 25.4. The van der Waals surface area contributed by atoms with Crippen molar-refractivity contribution in [2.75, 3.05) is 43.0 Å². The minimum Gasteiger partial charge on any atom is -0.367 e. The van der Waals surface area contributed by atoms with Crippen LogP contribution in [0.25, 0.3) is 10.8 Å². The van der Waals surface area contributed by atoms with Crippen LogP contribution in [0.15, 0.2) is 66.7 Å². The summed E-state index contributed by atoms with van der Waals surface area (Å²) >= 11 is 0. The van der Waals surface area contributed by atoms with Crippen LogP contribution < -0.4 is 15.1 Å². The Morgan fingerprint density at radius 1 is 0.978 bits per heavy atom. The number of hydrogen-bond donors (Lipinski definition) is 1. The molecule has 0 aliphatic carbocycles. The molecule has 2 heterocycles. The molecular weight excluding hydrogens is 588 g/mol. The second-order valence-electron chi connectivity index (χ2n) is 11.9. The lowest BCUT2D eigenvalue weighted by atomic mass is 9.93. The van der Waals surface area contributed by atoms with E-state index in [1.54, 1.807) is 48.3 Å². The van der Waals surface area contributed by atoms with Crippen molar-refractivity contribution < 1.29 is 23.2 Å². The minimum atomic E-state index is -0.559. The number of halogens is 2. The first kappa shape index (κ1) is 30.9. The van der Waals surface area contributed by atoms with Crippen molar-refractivity contribution in [1.82, 2.24) is 10.2 Å². The van der Waals surface area contributed by atoms with Crippen molar-refractivity contribution in [3.8, 4) is 6.07 Å². The third-order valence-corrected chi connectivity index (χ3v) is 9.02. The van der Waals surface area contributed by atoms with Gasteiger partial charge in [0.25, 0.3) is 0 Å². The minimum absolute atomic E-state index is 0.237. The molecule has 6 rings (SSSR count). The first-order valence-electron chi connectivity index (χ1n) is 15.3. The standard InChI is InChI=1S/C36H33F2N5O3/c1-41(33-11-12-34(45)40-36(33)46)32-10-8-25(28-4-2-3-27(22-44)35(28)32)19-26-7-5-24(18-29(26)37)21-42-13-15-43(16-14-42)31-9-6-23(20-39)17-30(31)38/h2-10,17-18,22,33H,11-16,19,21H2,1H3,(H,40,45,46)/t33-/m0/s1. The van der Waals surface area contributed by atoms with Crippen molar-refractivity contribution in [2.24, 2.45) is 0 Å². The molecule has 2 amide bonds. The molecule has 2 fully saturated rings. The summed E-state index contributed by atoms with van der Waals surface area (Å²) in [4.78, 5) is 42.4. The molecule has 0 saturated carbocycles. The van der Waals surface area contributed by atoms with Gasteiger partial charge in [-0.3, -0.25) is 24.6 Å². The van der Waals surface area contributed by atoms with Gasteiger partial charge in [0.2, 0.25) is 11.8 Å². The Bertz CT molecular complexity index is 1880. The number of carbonyl (C=O) groups excluding carboxylic acids is 3. The number of aldehydes is 1. The topological polar surface area (TPSA) is 96.8 Å². The number of piperazine rings is 1. The van der Waals surface area contributed by atoms with Crippen LogP contribution >= 0.6 is 0 Å². The summed E-state index contributed by atoms with van der Waals surface area (Å²) in [5, 5.41) is 12.9. The van der Waals surface area contributed by atoms with Crippen molar-refractivity contribution in [2.45, 2.75) is 31.8 Å². The summed E-state index contributed by atoms with van der Waals surface area (Å²) in [6, 6.07) is 20.4. The molecule has 4 aromatic carbocycles. The average molecular weight is 622 g/mol. The summed E-state index contributed by atoms with van der Waals surface area (Å²) < 4.78 is 30.0. The molecule has 8 nitrogen and oxygen atoms in total. The average Bonchev–Trinajstić information content (AvgIpc) is 3.06. The van der Waals surface area contributed by atoms with Crippen LogP contribution in [0.2, 0.25) is 0 Å². The van der Waals surface area contributed by atoms with Crippen LogP contribution in [0.3, 0.4) is 0 Å². The van der Waals surface area contributed by atoms with Crippen LogP contribution in [0, 0.1) is 23.0 Å². The van der Waals surface area contributed by atoms with Crippen molar-refractivity contribution in [1.29, 1.82) is 5.26 Å². The SMILES string of the molecule is CN(c1ccc(Cc2ccc(CN3CCN(c4ccc(C#N)cc4F)CC3)cc2F)c2cccc(C=O)c12)[C@H]1CCC(=O)NC1=O. The molecule has 46 heavy (non-hydrogen) atoms. The van der Waals surface area contributed by atoms with E-state index in [4.69, 9.17) is 5.26 Å². The fourth-order valence-corrected chi connectivity index (χ4v) is 6.52. The van der Waals surface area contributed by atoms with Gasteiger partial charge in [0.15, 0.2) is 6.29 Å². The van der Waals surface area contributed by atoms with E-state index < -0.39 is 11.9 Å². The predicted octanol–water partition coefficient (Wildman–Crippen LogP) is 4.96. The smallest absolute Gasteiger partial charge is 0.249 e. The Balaban J connectivity index is 1.17. The Morgan fingerprint density at radius 3 is 2.46 bits per heavy atom. The number of hydrogen-bond acceptors (Lipinski definition) is 7. The molecule has 2 aliphatic heterocycles. The quantitative estimate of drug-likeness (QED) is 0.220. The second kappa shape index (κ2) is 13.1. The fraction of sp³-hybridized carbons (Fsp3) is 0.278. The summed E-state index contributed by atoms with van der Waals surface area (Å²) in [5.41, 5.74) is 4.13. The summed E-state index contributed by atoms with van der Waals surface area (Å²) in [7, 11) is 1.78. The fourth-order valence-electron chi connectivity index (χ4n) is 6.52. The number of imide groups is 1. The van der Waals surface area contributed by atoms with E-state index in [9.17, 15) is 18.8 Å². The van der Waals surface area contributed by atoms with Gasteiger partial charge in [-0.1, -0.05) is 36.4 Å². The molecule has 10 heteroatoms. The summed E-state index contributed by atoms with van der Waals surface area (Å²) in [6.45, 7) is 3.18. The maximum absolute atomic E-state index is 15.5. The maximum Gasteiger partial charge on any atom is 0.249 e. The van der Waals surface area contributed by atoms with E-state index in [1.807, 2.05) is 35.2 Å². The van der Waals surface area contributed by atoms with Crippen LogP contribution in [0.4, 0.5) is 20.2 Å². The molecule has 2 aliphatic rings. The molecule has 0 radical (unpaired) electrons. The number of rotatable bonds is 8. The van der Waals surface area contributed by atoms with Crippen LogP contribution in [0.5, 0.6) is 0 Å². The van der Waals surface area contributed by atoms with Gasteiger partial charge in [-0.05, 0) is 58.8 Å². The monoisotopic (exact) mass is 621 g/mol. The molecule has 234 valence electrons. The van der Waals surface area contributed by atoms with E-state index in [0.29, 0.717) is 79.0 Å². The van der Waals surface area contributed by atoms with Gasteiger partial charge >= 0.3 is 0 Å². The number of nitrogens with zero attached hydrogens (tertiary/aromatic N) is 4. The lowest BCUT2D eigenvalue weighted by molar-refractivity contribution is -0.134. The normalized spacial score (nSPS) is 17.1. The molecule has 1 N–H and O–H groups in total. The molecule has 0 aromatic heterocycles. The van der Waals surface area contributed by atoms with Crippen LogP contribution in [0.1, 0.15) is 45.5 Å². The first-order chi connectivity index (χ1) is 22.2. The molecule has 0 unspecified atom stereocenters. The Morgan fingerprint density at radius 2 is 1.76 bits per heavy atom. The van der Waals surface area contributed by atoms with Crippen molar-refractivity contribution >= 4 is 40.2 Å². The molecule has 2 saturated heterocycles. The van der Waals surface area contributed by atoms with Gasteiger partial charge in [0.1, 0.15) is 17.7 Å². The maximum atomic E-state index is 15.5. The van der Waals surface area contributed by atoms with E-state index in [2.05, 4.69) is 10.2 Å². The van der Waals surface area contributed by atoms with Crippen molar-refractivity contribution in [3.63, 3.8) is 0 Å². The van der Waals surface area contributed by atoms with Crippen LogP contribution in [-0.2, 0) is 22.6 Å². The zero-order valence-electron chi connectivity index (χ0n) is 25.4. The van der Waals surface area contributed by atoms with Gasteiger partial charge in [-0.15, -0.1) is 0 Å². The Hall–Kier alpha value is -5.14. The lowest BCUT2D eigenvalue weighted by Crippen LogP contribution is -2.51. The van der Waals surface area contributed by atoms with Gasteiger partial charge in [0.05, 0.1) is 17.3 Å². The molecule has 0 spiro atoms. The van der Waals surface area contributed by atoms with Gasteiger partial charge < -0.3 is 9.80 Å². The highest BCUT2D eigenvalue weighted by Gasteiger charge is 2.31. The van der Waals surface area contributed by atoms with Gasteiger partial charge in [-0.2, -0.15) is 5.26 Å². The molecule has 0 bridgehead atoms. The zero-order chi connectivity index (χ0) is 32.4. The summed E-state index contributed by atoms with van der Waals surface area (Å²) in [5.74, 6) is -1.39. The number of benzene rings is 4. The Labute approximate surface area is 265 Å². The third-order valence-electron chi connectivity index (χ3n) is 9.02. The van der Waals surface area contributed by atoms with E-state index in [1.165, 1.54) is 6.07 Å². The first-order valence-corrected chi connectivity index (χ1v) is 15.3. The van der Waals surface area contributed by atoms with Gasteiger partial charge in [-0.25, -0.2) is 8.78 Å². The number of likely N-dealkylation sites (N-methyl/N-ethyl adjacent to an activating group) is 1. The van der Waals surface area contributed by atoms with E-state index >= 15 is 4.39 Å². The largest absolute Gasteiger partial charge is 0.367 e. The van der Waals surface area contributed by atoms with Crippen molar-refractivity contribution in [3.05, 3.63) is 106 Å². The second-order valence-corrected chi connectivity index (χ2v) is 11.9. The third kappa shape index (κ3) is 6.19. The number of fused-ring (bicyclic) bond motifs is 1. The number of anilines is 2. The molecule has 4 aromatic rings. The van der Waals surface area contributed by atoms with E-state index in [-0.39, 0.29) is 24.1 Å². The molecule has 1 atom stereocenters. The van der Waals surface area contributed by atoms with Crippen LogP contribution in [-0.4, -0.2) is 62.3 Å². The molecular formula is C36H33F2N5O3. The number of carbonyl (C=O) groups is 3. The Kier molecular flexibility index (Phi) is 8.77. The van der Waals surface area contributed by atoms with E-state index in [0.717, 1.165) is 22.8 Å². The van der Waals surface area contributed by atoms with Gasteiger partial charge in [0, 0.05) is 69.3 Å².